The summed E-state index contributed by atoms with van der Waals surface area (Å²) in [7, 11) is 0. The Hall–Kier alpha value is -3.03. The molecule has 0 atom stereocenters. The summed E-state index contributed by atoms with van der Waals surface area (Å²) in [4.78, 5) is 16.8. The predicted octanol–water partition coefficient (Wildman–Crippen LogP) is 5.61. The molecule has 1 saturated carbocycles. The van der Waals surface area contributed by atoms with Crippen molar-refractivity contribution in [3.63, 3.8) is 0 Å². The number of carboxylic acid groups (broad SMARTS) is 1. The van der Waals surface area contributed by atoms with Gasteiger partial charge in [0.25, 0.3) is 0 Å². The van der Waals surface area contributed by atoms with E-state index in [1.807, 2.05) is 6.07 Å². The van der Waals surface area contributed by atoms with Crippen LogP contribution in [0.3, 0.4) is 0 Å². The van der Waals surface area contributed by atoms with Crippen molar-refractivity contribution in [2.45, 2.75) is 51.5 Å². The van der Waals surface area contributed by atoms with Crippen LogP contribution in [0.1, 0.15) is 60.9 Å². The number of aromatic nitrogens is 1. The van der Waals surface area contributed by atoms with Crippen molar-refractivity contribution < 1.29 is 19.4 Å². The number of morpholine rings is 1. The molecule has 3 aromatic rings. The van der Waals surface area contributed by atoms with Crippen LogP contribution in [-0.2, 0) is 11.3 Å². The number of carboxylic acids is 1. The minimum atomic E-state index is -0.881. The number of hydrogen-bond acceptors (Lipinski definition) is 5. The van der Waals surface area contributed by atoms with Crippen LogP contribution < -0.4 is 9.64 Å². The Kier molecular flexibility index (Phi) is 7.30. The number of aromatic carboxylic acids is 1. The molecule has 3 aliphatic rings. The summed E-state index contributed by atoms with van der Waals surface area (Å²) in [6.45, 7) is 9.94. The maximum absolute atomic E-state index is 11.9. The molecule has 1 saturated heterocycles. The first-order chi connectivity index (χ1) is 18.7. The molecule has 202 valence electrons. The van der Waals surface area contributed by atoms with Crippen molar-refractivity contribution in [3.05, 3.63) is 47.5 Å². The summed E-state index contributed by atoms with van der Waals surface area (Å²) in [5, 5.41) is 10.9. The lowest BCUT2D eigenvalue weighted by atomic mass is 9.81. The average Bonchev–Trinajstić information content (AvgIpc) is 3.15. The van der Waals surface area contributed by atoms with Crippen molar-refractivity contribution in [2.75, 3.05) is 57.4 Å². The SMILES string of the molecule is CCN(CCN1CCOCC1)c1cccc2c1OCCn1c-2c(C2CCCCC2)c2ccc(C(=O)O)cc21. The van der Waals surface area contributed by atoms with Crippen LogP contribution in [0.2, 0.25) is 0 Å². The number of anilines is 1. The molecular formula is C31H39N3O4. The summed E-state index contributed by atoms with van der Waals surface area (Å²) in [6.07, 6.45) is 6.16. The minimum absolute atomic E-state index is 0.340. The number of hydrogen-bond donors (Lipinski definition) is 1. The Morgan fingerprint density at radius 3 is 2.63 bits per heavy atom. The third kappa shape index (κ3) is 4.67. The zero-order valence-corrected chi connectivity index (χ0v) is 22.5. The van der Waals surface area contributed by atoms with Gasteiger partial charge in [-0.2, -0.15) is 0 Å². The fourth-order valence-corrected chi connectivity index (χ4v) is 6.72. The standard InChI is InChI=1S/C31H39N3O4/c1-2-33(14-13-32-15-18-37-19-16-32)26-10-6-9-25-29-28(22-7-4-3-5-8-22)24-12-11-23(31(35)36)21-27(24)34(29)17-20-38-30(25)26/h6,9-12,21-22H,2-5,7-8,13-20H2,1H3,(H,35,36). The van der Waals surface area contributed by atoms with Crippen LogP contribution >= 0.6 is 0 Å². The van der Waals surface area contributed by atoms with Crippen molar-refractivity contribution in [1.29, 1.82) is 0 Å². The third-order valence-electron chi connectivity index (χ3n) is 8.69. The summed E-state index contributed by atoms with van der Waals surface area (Å²) in [5.74, 6) is 0.567. The predicted molar refractivity (Wildman–Crippen MR) is 151 cm³/mol. The van der Waals surface area contributed by atoms with Crippen LogP contribution in [0.15, 0.2) is 36.4 Å². The van der Waals surface area contributed by atoms with Crippen molar-refractivity contribution in [1.82, 2.24) is 9.47 Å². The Morgan fingerprint density at radius 2 is 1.87 bits per heavy atom. The molecule has 7 nitrogen and oxygen atoms in total. The molecule has 0 bridgehead atoms. The molecule has 2 fully saturated rings. The molecule has 0 unspecified atom stereocenters. The van der Waals surface area contributed by atoms with Gasteiger partial charge >= 0.3 is 5.97 Å². The number of benzene rings is 2. The van der Waals surface area contributed by atoms with Gasteiger partial charge in [0.15, 0.2) is 5.75 Å². The smallest absolute Gasteiger partial charge is 0.335 e. The van der Waals surface area contributed by atoms with Crippen LogP contribution in [0.5, 0.6) is 5.75 Å². The van der Waals surface area contributed by atoms with Gasteiger partial charge in [-0.1, -0.05) is 31.4 Å². The number of para-hydroxylation sites is 1. The van der Waals surface area contributed by atoms with E-state index in [4.69, 9.17) is 9.47 Å². The maximum atomic E-state index is 11.9. The number of ether oxygens (including phenoxy) is 2. The van der Waals surface area contributed by atoms with Crippen LogP contribution in [0, 0.1) is 0 Å². The van der Waals surface area contributed by atoms with E-state index < -0.39 is 5.97 Å². The normalized spacial score (nSPS) is 18.4. The largest absolute Gasteiger partial charge is 0.489 e. The lowest BCUT2D eigenvalue weighted by Gasteiger charge is -2.31. The van der Waals surface area contributed by atoms with Gasteiger partial charge in [0.2, 0.25) is 0 Å². The average molecular weight is 518 g/mol. The van der Waals surface area contributed by atoms with Gasteiger partial charge in [0.1, 0.15) is 6.61 Å². The number of likely N-dealkylation sites (N-methyl/N-ethyl adjacent to an activating group) is 1. The fraction of sp³-hybridized carbons (Fsp3) is 0.516. The van der Waals surface area contributed by atoms with Gasteiger partial charge < -0.3 is 24.0 Å². The van der Waals surface area contributed by atoms with Gasteiger partial charge in [0.05, 0.1) is 36.7 Å². The van der Waals surface area contributed by atoms with Crippen LogP contribution in [0.4, 0.5) is 5.69 Å². The van der Waals surface area contributed by atoms with E-state index >= 15 is 0 Å². The lowest BCUT2D eigenvalue weighted by Crippen LogP contribution is -2.41. The molecule has 38 heavy (non-hydrogen) atoms. The molecule has 1 aromatic heterocycles. The molecule has 2 aromatic carbocycles. The van der Waals surface area contributed by atoms with Gasteiger partial charge in [-0.3, -0.25) is 4.90 Å². The van der Waals surface area contributed by atoms with Gasteiger partial charge in [0, 0.05) is 49.2 Å². The number of carbonyl (C=O) groups is 1. The van der Waals surface area contributed by atoms with Crippen LogP contribution in [-0.4, -0.2) is 73.1 Å². The van der Waals surface area contributed by atoms with Gasteiger partial charge in [-0.15, -0.1) is 0 Å². The molecule has 7 heteroatoms. The Morgan fingerprint density at radius 1 is 1.05 bits per heavy atom. The van der Waals surface area contributed by atoms with Gasteiger partial charge in [-0.05, 0) is 55.5 Å². The number of nitrogens with zero attached hydrogens (tertiary/aromatic N) is 3. The monoisotopic (exact) mass is 517 g/mol. The second kappa shape index (κ2) is 11.0. The lowest BCUT2D eigenvalue weighted by molar-refractivity contribution is 0.0392. The van der Waals surface area contributed by atoms with Gasteiger partial charge in [-0.25, -0.2) is 4.79 Å². The topological polar surface area (TPSA) is 67.2 Å². The number of fused-ring (bicyclic) bond motifs is 5. The van der Waals surface area contributed by atoms with E-state index in [-0.39, 0.29) is 0 Å². The molecule has 6 rings (SSSR count). The van der Waals surface area contributed by atoms with Crippen LogP contribution in [0.25, 0.3) is 22.2 Å². The minimum Gasteiger partial charge on any atom is -0.489 e. The van der Waals surface area contributed by atoms with Crippen molar-refractivity contribution in [3.8, 4) is 17.0 Å². The summed E-state index contributed by atoms with van der Waals surface area (Å²) < 4.78 is 14.4. The molecular weight excluding hydrogens is 478 g/mol. The second-order valence-electron chi connectivity index (χ2n) is 10.8. The highest BCUT2D eigenvalue weighted by molar-refractivity contribution is 5.99. The molecule has 1 N–H and O–H groups in total. The van der Waals surface area contributed by atoms with E-state index in [0.717, 1.165) is 68.5 Å². The third-order valence-corrected chi connectivity index (χ3v) is 8.69. The van der Waals surface area contributed by atoms with Crippen molar-refractivity contribution >= 4 is 22.6 Å². The van der Waals surface area contributed by atoms with Crippen molar-refractivity contribution in [2.24, 2.45) is 0 Å². The quantitative estimate of drug-likeness (QED) is 0.440. The zero-order valence-electron chi connectivity index (χ0n) is 22.5. The first kappa shape index (κ1) is 25.3. The highest BCUT2D eigenvalue weighted by Gasteiger charge is 2.31. The molecule has 0 amide bonds. The summed E-state index contributed by atoms with van der Waals surface area (Å²) >= 11 is 0. The molecule has 0 radical (unpaired) electrons. The first-order valence-corrected chi connectivity index (χ1v) is 14.4. The number of rotatable bonds is 7. The Labute approximate surface area is 224 Å². The van der Waals surface area contributed by atoms with E-state index in [1.54, 1.807) is 6.07 Å². The van der Waals surface area contributed by atoms with E-state index in [2.05, 4.69) is 45.6 Å². The maximum Gasteiger partial charge on any atom is 0.335 e. The van der Waals surface area contributed by atoms with E-state index in [1.165, 1.54) is 48.7 Å². The second-order valence-corrected chi connectivity index (χ2v) is 10.8. The molecule has 3 heterocycles. The first-order valence-electron chi connectivity index (χ1n) is 14.4. The molecule has 1 aliphatic carbocycles. The Balaban J connectivity index is 1.46. The van der Waals surface area contributed by atoms with E-state index in [0.29, 0.717) is 24.6 Å². The summed E-state index contributed by atoms with van der Waals surface area (Å²) in [5.41, 5.74) is 6.26. The zero-order chi connectivity index (χ0) is 26.1. The van der Waals surface area contributed by atoms with E-state index in [9.17, 15) is 9.90 Å². The fourth-order valence-electron chi connectivity index (χ4n) is 6.72. The molecule has 2 aliphatic heterocycles. The highest BCUT2D eigenvalue weighted by Crippen LogP contribution is 2.49. The summed E-state index contributed by atoms with van der Waals surface area (Å²) in [6, 6.07) is 12.3. The molecule has 0 spiro atoms. The highest BCUT2D eigenvalue weighted by atomic mass is 16.5. The Bertz CT molecular complexity index is 1300.